The van der Waals surface area contributed by atoms with E-state index in [2.05, 4.69) is 25.6 Å². The standard InChI is InChI=1S/C6H6BrClN2O2S/c7-5-1-4(2-9-6(5)8)3-10-13(11)12/h1-2,10H,3H2,(H,11,12)/p-1. The SMILES string of the molecule is O=S([O-])NCc1cnc(Cl)c(Br)c1. The molecule has 0 aliphatic rings. The zero-order chi connectivity index (χ0) is 9.84. The Kier molecular flexibility index (Phi) is 4.27. The van der Waals surface area contributed by atoms with Gasteiger partial charge in [-0.15, -0.1) is 0 Å². The van der Waals surface area contributed by atoms with Crippen LogP contribution in [0.5, 0.6) is 0 Å². The van der Waals surface area contributed by atoms with Gasteiger partial charge in [-0.2, -0.15) is 0 Å². The summed E-state index contributed by atoms with van der Waals surface area (Å²) in [4.78, 5) is 3.83. The van der Waals surface area contributed by atoms with Gasteiger partial charge in [0, 0.05) is 24.0 Å². The van der Waals surface area contributed by atoms with Gasteiger partial charge in [0.2, 0.25) is 0 Å². The molecule has 0 saturated heterocycles. The van der Waals surface area contributed by atoms with Gasteiger partial charge in [-0.1, -0.05) is 11.6 Å². The van der Waals surface area contributed by atoms with E-state index in [1.54, 1.807) is 6.07 Å². The zero-order valence-electron chi connectivity index (χ0n) is 6.29. The van der Waals surface area contributed by atoms with E-state index in [4.69, 9.17) is 11.6 Å². The maximum absolute atomic E-state index is 10.2. The second-order valence-corrected chi connectivity index (χ2v) is 4.14. The largest absolute Gasteiger partial charge is 0.760 e. The van der Waals surface area contributed by atoms with Crippen molar-refractivity contribution in [3.8, 4) is 0 Å². The van der Waals surface area contributed by atoms with Crippen LogP contribution >= 0.6 is 27.5 Å². The molecule has 7 heteroatoms. The van der Waals surface area contributed by atoms with Crippen LogP contribution in [0.1, 0.15) is 5.56 Å². The molecule has 1 aromatic rings. The van der Waals surface area contributed by atoms with Crippen molar-refractivity contribution in [2.24, 2.45) is 0 Å². The summed E-state index contributed by atoms with van der Waals surface area (Å²) in [7, 11) is 0. The van der Waals surface area contributed by atoms with Gasteiger partial charge in [0.05, 0.1) is 4.47 Å². The molecular weight excluding hydrogens is 280 g/mol. The van der Waals surface area contributed by atoms with Crippen LogP contribution in [0.15, 0.2) is 16.7 Å². The Morgan fingerprint density at radius 2 is 2.46 bits per heavy atom. The number of halogens is 2. The predicted molar refractivity (Wildman–Crippen MR) is 52.7 cm³/mol. The summed E-state index contributed by atoms with van der Waals surface area (Å²) in [6, 6.07) is 1.70. The van der Waals surface area contributed by atoms with E-state index in [1.807, 2.05) is 0 Å². The van der Waals surface area contributed by atoms with Gasteiger partial charge in [-0.3, -0.25) is 4.21 Å². The molecule has 13 heavy (non-hydrogen) atoms. The first-order valence-electron chi connectivity index (χ1n) is 3.22. The highest BCUT2D eigenvalue weighted by Gasteiger charge is 1.99. The third kappa shape index (κ3) is 3.70. The van der Waals surface area contributed by atoms with E-state index < -0.39 is 11.3 Å². The Labute approximate surface area is 91.2 Å². The maximum Gasteiger partial charge on any atom is 0.143 e. The van der Waals surface area contributed by atoms with E-state index in [0.717, 1.165) is 5.56 Å². The second kappa shape index (κ2) is 5.02. The molecular formula is C6H5BrClN2O2S-. The monoisotopic (exact) mass is 283 g/mol. The molecule has 1 rings (SSSR count). The van der Waals surface area contributed by atoms with Gasteiger partial charge in [-0.25, -0.2) is 9.71 Å². The van der Waals surface area contributed by atoms with Gasteiger partial charge >= 0.3 is 0 Å². The number of aromatic nitrogens is 1. The quantitative estimate of drug-likeness (QED) is 0.674. The molecule has 0 saturated carbocycles. The molecule has 1 N–H and O–H groups in total. The van der Waals surface area contributed by atoms with Crippen LogP contribution in [-0.4, -0.2) is 13.7 Å². The van der Waals surface area contributed by atoms with Gasteiger partial charge in [0.15, 0.2) is 0 Å². The van der Waals surface area contributed by atoms with Crippen molar-refractivity contribution in [3.05, 3.63) is 27.5 Å². The Bertz CT molecular complexity index is 336. The fourth-order valence-corrected chi connectivity index (χ4v) is 1.48. The van der Waals surface area contributed by atoms with Crippen molar-refractivity contribution in [3.63, 3.8) is 0 Å². The number of pyridine rings is 1. The summed E-state index contributed by atoms with van der Waals surface area (Å²) in [5, 5.41) is 0.354. The van der Waals surface area contributed by atoms with Crippen molar-refractivity contribution in [1.29, 1.82) is 0 Å². The molecule has 0 bridgehead atoms. The molecule has 4 nitrogen and oxygen atoms in total. The topological polar surface area (TPSA) is 65.0 Å². The lowest BCUT2D eigenvalue weighted by Crippen LogP contribution is -2.15. The molecule has 0 radical (unpaired) electrons. The summed E-state index contributed by atoms with van der Waals surface area (Å²) in [5.74, 6) is 0. The first-order valence-corrected chi connectivity index (χ1v) is 5.47. The molecule has 0 fully saturated rings. The molecule has 1 unspecified atom stereocenters. The number of rotatable bonds is 3. The Morgan fingerprint density at radius 1 is 1.77 bits per heavy atom. The second-order valence-electron chi connectivity index (χ2n) is 2.17. The number of nitrogens with one attached hydrogen (secondary N) is 1. The highest BCUT2D eigenvalue weighted by atomic mass is 79.9. The van der Waals surface area contributed by atoms with Crippen LogP contribution < -0.4 is 4.72 Å². The van der Waals surface area contributed by atoms with E-state index in [-0.39, 0.29) is 6.54 Å². The number of hydrogen-bond donors (Lipinski definition) is 1. The van der Waals surface area contributed by atoms with Gasteiger partial charge in [-0.05, 0) is 27.6 Å². The van der Waals surface area contributed by atoms with Crippen molar-refractivity contribution in [2.75, 3.05) is 0 Å². The zero-order valence-corrected chi connectivity index (χ0v) is 9.45. The molecule has 1 atom stereocenters. The first-order chi connectivity index (χ1) is 6.09. The van der Waals surface area contributed by atoms with Gasteiger partial charge < -0.3 is 4.55 Å². The van der Waals surface area contributed by atoms with E-state index in [0.29, 0.717) is 9.63 Å². The number of hydrogen-bond acceptors (Lipinski definition) is 3. The van der Waals surface area contributed by atoms with E-state index >= 15 is 0 Å². The summed E-state index contributed by atoms with van der Waals surface area (Å²) in [6.45, 7) is 0.207. The van der Waals surface area contributed by atoms with E-state index in [9.17, 15) is 8.76 Å². The van der Waals surface area contributed by atoms with Crippen LogP contribution in [0, 0.1) is 0 Å². The lowest BCUT2D eigenvalue weighted by atomic mass is 10.3. The lowest BCUT2D eigenvalue weighted by molar-refractivity contribution is 0.522. The lowest BCUT2D eigenvalue weighted by Gasteiger charge is -2.06. The van der Waals surface area contributed by atoms with Crippen molar-refractivity contribution in [1.82, 2.24) is 9.71 Å². The van der Waals surface area contributed by atoms with Crippen LogP contribution in [-0.2, 0) is 17.8 Å². The molecule has 1 aromatic heterocycles. The maximum atomic E-state index is 10.2. The third-order valence-corrected chi connectivity index (χ3v) is 2.76. The molecule has 0 spiro atoms. The summed E-state index contributed by atoms with van der Waals surface area (Å²) >= 11 is 6.57. The Hall–Kier alpha value is -0.0100. The van der Waals surface area contributed by atoms with Gasteiger partial charge in [0.25, 0.3) is 0 Å². The molecule has 72 valence electrons. The van der Waals surface area contributed by atoms with Crippen molar-refractivity contribution >= 4 is 38.8 Å². The molecule has 0 aliphatic carbocycles. The minimum absolute atomic E-state index is 0.207. The highest BCUT2D eigenvalue weighted by molar-refractivity contribution is 9.10. The minimum Gasteiger partial charge on any atom is -0.760 e. The fraction of sp³-hybridized carbons (Fsp3) is 0.167. The Balaban J connectivity index is 2.68. The van der Waals surface area contributed by atoms with Crippen LogP contribution in [0.2, 0.25) is 5.15 Å². The molecule has 0 aliphatic heterocycles. The molecule has 0 amide bonds. The van der Waals surface area contributed by atoms with Crippen LogP contribution in [0.25, 0.3) is 0 Å². The predicted octanol–water partition coefficient (Wildman–Crippen LogP) is 1.38. The summed E-state index contributed by atoms with van der Waals surface area (Å²) < 4.78 is 23.2. The summed E-state index contributed by atoms with van der Waals surface area (Å²) in [6.07, 6.45) is 1.51. The van der Waals surface area contributed by atoms with Crippen molar-refractivity contribution < 1.29 is 8.76 Å². The highest BCUT2D eigenvalue weighted by Crippen LogP contribution is 2.20. The minimum atomic E-state index is -2.25. The normalized spacial score (nSPS) is 12.8. The molecule has 1 heterocycles. The van der Waals surface area contributed by atoms with Crippen LogP contribution in [0.3, 0.4) is 0 Å². The van der Waals surface area contributed by atoms with Gasteiger partial charge in [0.1, 0.15) is 5.15 Å². The van der Waals surface area contributed by atoms with Crippen LogP contribution in [0.4, 0.5) is 0 Å². The van der Waals surface area contributed by atoms with E-state index in [1.165, 1.54) is 6.20 Å². The average molecular weight is 285 g/mol. The third-order valence-electron chi connectivity index (χ3n) is 1.25. The summed E-state index contributed by atoms with van der Waals surface area (Å²) in [5.41, 5.74) is 0.737. The van der Waals surface area contributed by atoms with Crippen molar-refractivity contribution in [2.45, 2.75) is 6.54 Å². The average Bonchev–Trinajstić information content (AvgIpc) is 2.07. The number of nitrogens with zero attached hydrogens (tertiary/aromatic N) is 1. The first kappa shape index (κ1) is 11.1. The fourth-order valence-electron chi connectivity index (χ4n) is 0.700. The smallest absolute Gasteiger partial charge is 0.143 e. The molecule has 0 aromatic carbocycles. The Morgan fingerprint density at radius 3 is 3.00 bits per heavy atom.